The first kappa shape index (κ1) is 11.3. The van der Waals surface area contributed by atoms with E-state index < -0.39 is 3.79 Å². The SMILES string of the molecule is ClCc1nc2c(C(Cl)(Cl)Cl)cccc2[nH]1. The maximum atomic E-state index is 5.83. The highest BCUT2D eigenvalue weighted by molar-refractivity contribution is 6.67. The van der Waals surface area contributed by atoms with Gasteiger partial charge in [0.15, 0.2) is 0 Å². The number of para-hydroxylation sites is 1. The van der Waals surface area contributed by atoms with Gasteiger partial charge in [-0.15, -0.1) is 11.6 Å². The van der Waals surface area contributed by atoms with Gasteiger partial charge in [0.25, 0.3) is 0 Å². The largest absolute Gasteiger partial charge is 0.341 e. The van der Waals surface area contributed by atoms with E-state index >= 15 is 0 Å². The van der Waals surface area contributed by atoms with Gasteiger partial charge in [-0.1, -0.05) is 46.9 Å². The van der Waals surface area contributed by atoms with Gasteiger partial charge in [-0.05, 0) is 6.07 Å². The predicted octanol–water partition coefficient (Wildman–Crippen LogP) is 4.13. The molecule has 6 heteroatoms. The van der Waals surface area contributed by atoms with E-state index in [0.29, 0.717) is 22.8 Å². The van der Waals surface area contributed by atoms with Crippen molar-refractivity contribution in [2.45, 2.75) is 9.67 Å². The highest BCUT2D eigenvalue weighted by atomic mass is 35.6. The van der Waals surface area contributed by atoms with E-state index in [1.165, 1.54) is 0 Å². The molecule has 0 bridgehead atoms. The van der Waals surface area contributed by atoms with Crippen molar-refractivity contribution in [1.29, 1.82) is 0 Å². The lowest BCUT2D eigenvalue weighted by Gasteiger charge is -2.10. The van der Waals surface area contributed by atoms with Crippen molar-refractivity contribution in [2.75, 3.05) is 0 Å². The smallest absolute Gasteiger partial charge is 0.218 e. The van der Waals surface area contributed by atoms with Crippen LogP contribution in [0.5, 0.6) is 0 Å². The standard InChI is InChI=1S/C9H6Cl4N2/c10-4-7-14-6-3-1-2-5(8(6)15-7)9(11,12)13/h1-3H,4H2,(H,14,15). The number of halogens is 4. The molecule has 0 unspecified atom stereocenters. The van der Waals surface area contributed by atoms with Crippen LogP contribution >= 0.6 is 46.4 Å². The second kappa shape index (κ2) is 4.02. The quantitative estimate of drug-likeness (QED) is 0.784. The molecule has 2 nitrogen and oxygen atoms in total. The Labute approximate surface area is 106 Å². The molecule has 1 aromatic heterocycles. The lowest BCUT2D eigenvalue weighted by atomic mass is 10.2. The van der Waals surface area contributed by atoms with Gasteiger partial charge in [-0.3, -0.25) is 0 Å². The number of fused-ring (bicyclic) bond motifs is 1. The van der Waals surface area contributed by atoms with Gasteiger partial charge < -0.3 is 4.98 Å². The minimum Gasteiger partial charge on any atom is -0.341 e. The molecule has 0 radical (unpaired) electrons. The molecule has 0 spiro atoms. The normalized spacial score (nSPS) is 12.3. The van der Waals surface area contributed by atoms with Crippen molar-refractivity contribution < 1.29 is 0 Å². The van der Waals surface area contributed by atoms with Crippen LogP contribution in [0, 0.1) is 0 Å². The fraction of sp³-hybridized carbons (Fsp3) is 0.222. The topological polar surface area (TPSA) is 28.7 Å². The van der Waals surface area contributed by atoms with Crippen LogP contribution < -0.4 is 0 Å². The number of rotatable bonds is 1. The molecule has 1 heterocycles. The number of aromatic amines is 1. The molecule has 2 aromatic rings. The van der Waals surface area contributed by atoms with E-state index in [1.807, 2.05) is 6.07 Å². The third-order valence-corrected chi connectivity index (χ3v) is 2.86. The molecule has 0 saturated heterocycles. The number of nitrogens with zero attached hydrogens (tertiary/aromatic N) is 1. The molecule has 0 aliphatic carbocycles. The number of hydrogen-bond acceptors (Lipinski definition) is 1. The van der Waals surface area contributed by atoms with E-state index in [0.717, 1.165) is 5.52 Å². The number of aromatic nitrogens is 2. The summed E-state index contributed by atoms with van der Waals surface area (Å²) in [7, 11) is 0. The fourth-order valence-corrected chi connectivity index (χ4v) is 1.96. The molecule has 0 amide bonds. The van der Waals surface area contributed by atoms with Crippen LogP contribution in [0.3, 0.4) is 0 Å². The lowest BCUT2D eigenvalue weighted by molar-refractivity contribution is 1.13. The van der Waals surface area contributed by atoms with Crippen molar-refractivity contribution >= 4 is 57.4 Å². The van der Waals surface area contributed by atoms with E-state index in [4.69, 9.17) is 46.4 Å². The molecule has 0 aliphatic heterocycles. The zero-order valence-electron chi connectivity index (χ0n) is 7.40. The van der Waals surface area contributed by atoms with E-state index in [-0.39, 0.29) is 0 Å². The van der Waals surface area contributed by atoms with Gasteiger partial charge in [-0.25, -0.2) is 4.98 Å². The Kier molecular flexibility index (Phi) is 3.04. The molecular formula is C9H6Cl4N2. The van der Waals surface area contributed by atoms with Gasteiger partial charge in [0.2, 0.25) is 3.79 Å². The van der Waals surface area contributed by atoms with Crippen LogP contribution in [-0.4, -0.2) is 9.97 Å². The Balaban J connectivity index is 2.70. The Bertz CT molecular complexity index is 486. The van der Waals surface area contributed by atoms with Gasteiger partial charge in [-0.2, -0.15) is 0 Å². The molecule has 0 atom stereocenters. The number of alkyl halides is 4. The first-order valence-electron chi connectivity index (χ1n) is 4.13. The minimum absolute atomic E-state index is 0.300. The van der Waals surface area contributed by atoms with Gasteiger partial charge in [0.05, 0.1) is 16.9 Å². The average Bonchev–Trinajstić information content (AvgIpc) is 2.57. The summed E-state index contributed by atoms with van der Waals surface area (Å²) in [4.78, 5) is 7.30. The number of hydrogen-bond donors (Lipinski definition) is 1. The molecule has 0 saturated carbocycles. The summed E-state index contributed by atoms with van der Waals surface area (Å²) in [5.74, 6) is 0.960. The molecule has 15 heavy (non-hydrogen) atoms. The maximum Gasteiger partial charge on any atom is 0.218 e. The second-order valence-corrected chi connectivity index (χ2v) is 5.57. The minimum atomic E-state index is -1.47. The summed E-state index contributed by atoms with van der Waals surface area (Å²) in [6, 6.07) is 5.39. The van der Waals surface area contributed by atoms with Gasteiger partial charge >= 0.3 is 0 Å². The van der Waals surface area contributed by atoms with Crippen molar-refractivity contribution in [3.8, 4) is 0 Å². The molecule has 0 fully saturated rings. The van der Waals surface area contributed by atoms with E-state index in [2.05, 4.69) is 9.97 Å². The van der Waals surface area contributed by atoms with Crippen LogP contribution in [0.4, 0.5) is 0 Å². The van der Waals surface area contributed by atoms with Crippen LogP contribution in [-0.2, 0) is 9.67 Å². The first-order valence-corrected chi connectivity index (χ1v) is 5.80. The van der Waals surface area contributed by atoms with Crippen molar-refractivity contribution in [3.63, 3.8) is 0 Å². The van der Waals surface area contributed by atoms with Crippen molar-refractivity contribution in [2.24, 2.45) is 0 Å². The maximum absolute atomic E-state index is 5.83. The molecule has 1 aromatic carbocycles. The first-order chi connectivity index (χ1) is 7.02. The molecular weight excluding hydrogens is 278 g/mol. The zero-order valence-corrected chi connectivity index (χ0v) is 10.4. The van der Waals surface area contributed by atoms with E-state index in [1.54, 1.807) is 12.1 Å². The van der Waals surface area contributed by atoms with Crippen LogP contribution in [0.1, 0.15) is 11.4 Å². The summed E-state index contributed by atoms with van der Waals surface area (Å²) < 4.78 is -1.47. The summed E-state index contributed by atoms with van der Waals surface area (Å²) in [5.41, 5.74) is 2.01. The predicted molar refractivity (Wildman–Crippen MR) is 64.9 cm³/mol. The average molecular weight is 284 g/mol. The Morgan fingerprint density at radius 2 is 2.00 bits per heavy atom. The van der Waals surface area contributed by atoms with Crippen LogP contribution in [0.25, 0.3) is 11.0 Å². The Morgan fingerprint density at radius 3 is 2.60 bits per heavy atom. The number of H-pyrrole nitrogens is 1. The van der Waals surface area contributed by atoms with Gasteiger partial charge in [0.1, 0.15) is 5.82 Å². The van der Waals surface area contributed by atoms with Crippen LogP contribution in [0.15, 0.2) is 18.2 Å². The molecule has 1 N–H and O–H groups in total. The summed E-state index contributed by atoms with van der Waals surface area (Å²) in [6.07, 6.45) is 0. The zero-order chi connectivity index (χ0) is 11.1. The van der Waals surface area contributed by atoms with Gasteiger partial charge in [0, 0.05) is 5.56 Å². The Hall–Kier alpha value is -0.150. The summed E-state index contributed by atoms with van der Waals surface area (Å²) >= 11 is 23.2. The molecule has 80 valence electrons. The second-order valence-electron chi connectivity index (χ2n) is 3.02. The highest BCUT2D eigenvalue weighted by Gasteiger charge is 2.26. The summed E-state index contributed by atoms with van der Waals surface area (Å²) in [6.45, 7) is 0. The van der Waals surface area contributed by atoms with Crippen molar-refractivity contribution in [1.82, 2.24) is 9.97 Å². The highest BCUT2D eigenvalue weighted by Crippen LogP contribution is 2.40. The number of nitrogens with one attached hydrogen (secondary N) is 1. The van der Waals surface area contributed by atoms with Crippen molar-refractivity contribution in [3.05, 3.63) is 29.6 Å². The number of benzene rings is 1. The third kappa shape index (κ3) is 2.18. The molecule has 0 aliphatic rings. The monoisotopic (exact) mass is 282 g/mol. The van der Waals surface area contributed by atoms with E-state index in [9.17, 15) is 0 Å². The summed E-state index contributed by atoms with van der Waals surface area (Å²) in [5, 5.41) is 0. The van der Waals surface area contributed by atoms with Crippen LogP contribution in [0.2, 0.25) is 0 Å². The third-order valence-electron chi connectivity index (χ3n) is 1.99. The molecule has 2 rings (SSSR count). The number of imidazole rings is 1. The fourth-order valence-electron chi connectivity index (χ4n) is 1.38. The Morgan fingerprint density at radius 1 is 1.27 bits per heavy atom. The lowest BCUT2D eigenvalue weighted by Crippen LogP contribution is -2.00.